The second-order valence-electron chi connectivity index (χ2n) is 7.31. The number of carboxylic acids is 1. The molecule has 6 nitrogen and oxygen atoms in total. The van der Waals surface area contributed by atoms with Crippen LogP contribution in [0.4, 0.5) is 0 Å². The lowest BCUT2D eigenvalue weighted by Crippen LogP contribution is -2.43. The van der Waals surface area contributed by atoms with Crippen LogP contribution in [0.2, 0.25) is 0 Å². The number of nitrogens with one attached hydrogen (secondary N) is 1. The molecule has 0 saturated heterocycles. The van der Waals surface area contributed by atoms with Crippen LogP contribution in [-0.2, 0) is 21.2 Å². The van der Waals surface area contributed by atoms with Gasteiger partial charge in [0.15, 0.2) is 6.04 Å². The molecule has 2 N–H and O–H groups in total. The largest absolute Gasteiger partial charge is 0.480 e. The molecule has 1 atom stereocenters. The molecular weight excluding hydrogens is 444 g/mol. The molecule has 3 aromatic rings. The average molecular weight is 465 g/mol. The van der Waals surface area contributed by atoms with Crippen LogP contribution in [-0.4, -0.2) is 34.8 Å². The maximum atomic E-state index is 12.7. The first-order valence-corrected chi connectivity index (χ1v) is 12.1. The van der Waals surface area contributed by atoms with E-state index in [1.54, 1.807) is 17.6 Å². The number of carboxylic acid groups (broad SMARTS) is 1. The summed E-state index contributed by atoms with van der Waals surface area (Å²) in [6.45, 7) is 2.14. The molecule has 32 heavy (non-hydrogen) atoms. The van der Waals surface area contributed by atoms with Gasteiger partial charge in [0.1, 0.15) is 4.21 Å². The standard InChI is InChI=1S/C17H14N2O4S2.C7H6/c1-2-19(25(22,23)16-8-5-9-24-16)15(17(20)21)10-12-11-18-14-7-4-3-6-13(12)14;1-5-2-3-6-4-7(5)6/h1,3-9,11,15,18H,10H2,(H,20,21);2-4H,1H3. The number of thiophene rings is 1. The maximum absolute atomic E-state index is 12.7. The van der Waals surface area contributed by atoms with Crippen molar-refractivity contribution in [3.05, 3.63) is 77.3 Å². The average Bonchev–Trinajstić information content (AvgIpc) is 3.13. The molecular formula is C24H20N2O4S2. The van der Waals surface area contributed by atoms with E-state index in [0.29, 0.717) is 9.87 Å². The molecule has 2 heterocycles. The van der Waals surface area contributed by atoms with E-state index in [4.69, 9.17) is 6.42 Å². The van der Waals surface area contributed by atoms with Gasteiger partial charge >= 0.3 is 5.97 Å². The number of benzene rings is 2. The van der Waals surface area contributed by atoms with Crippen molar-refractivity contribution in [1.82, 2.24) is 9.29 Å². The minimum absolute atomic E-state index is 0.00984. The fraction of sp³-hybridized carbons (Fsp3) is 0.125. The summed E-state index contributed by atoms with van der Waals surface area (Å²) in [6, 6.07) is 17.5. The van der Waals surface area contributed by atoms with Gasteiger partial charge in [0.25, 0.3) is 10.0 Å². The molecule has 0 fully saturated rings. The molecule has 2 aliphatic rings. The number of aliphatic carboxylic acids is 1. The summed E-state index contributed by atoms with van der Waals surface area (Å²) in [7, 11) is -4.08. The molecule has 1 unspecified atom stereocenters. The third-order valence-corrected chi connectivity index (χ3v) is 8.36. The lowest BCUT2D eigenvalue weighted by molar-refractivity contribution is -0.140. The van der Waals surface area contributed by atoms with Crippen molar-refractivity contribution in [2.75, 3.05) is 0 Å². The SMILES string of the molecule is C#CN(C(Cc1c[nH]c2ccccc12)C(=O)O)S(=O)(=O)c1cccs1.Cc1ccc2cc1-2. The number of rotatable bonds is 6. The molecule has 0 amide bonds. The quantitative estimate of drug-likeness (QED) is 0.286. The number of hydrogen-bond donors (Lipinski definition) is 2. The summed E-state index contributed by atoms with van der Waals surface area (Å²) in [4.78, 5) is 14.8. The first-order valence-electron chi connectivity index (χ1n) is 9.76. The molecule has 0 bridgehead atoms. The van der Waals surface area contributed by atoms with Crippen molar-refractivity contribution in [3.8, 4) is 23.6 Å². The van der Waals surface area contributed by atoms with Crippen molar-refractivity contribution in [1.29, 1.82) is 0 Å². The number of terminal acetylenes is 1. The zero-order valence-electron chi connectivity index (χ0n) is 17.1. The summed E-state index contributed by atoms with van der Waals surface area (Å²) < 4.78 is 26.0. The van der Waals surface area contributed by atoms with Crippen LogP contribution in [0.3, 0.4) is 0 Å². The van der Waals surface area contributed by atoms with Gasteiger partial charge in [-0.15, -0.1) is 11.3 Å². The summed E-state index contributed by atoms with van der Waals surface area (Å²) in [6.07, 6.45) is 7.00. The third-order valence-electron chi connectivity index (χ3n) is 5.26. The Labute approximate surface area is 190 Å². The normalized spacial score (nSPS) is 12.4. The van der Waals surface area contributed by atoms with Gasteiger partial charge in [-0.05, 0) is 52.8 Å². The molecule has 5 rings (SSSR count). The second-order valence-corrected chi connectivity index (χ2v) is 10.3. The highest BCUT2D eigenvalue weighted by Gasteiger charge is 2.35. The number of para-hydroxylation sites is 1. The number of aromatic amines is 1. The van der Waals surface area contributed by atoms with Gasteiger partial charge in [-0.1, -0.05) is 42.8 Å². The first kappa shape index (κ1) is 21.7. The number of carbonyl (C=O) groups is 1. The van der Waals surface area contributed by atoms with Gasteiger partial charge in [0.05, 0.1) is 0 Å². The third kappa shape index (κ3) is 4.13. The summed E-state index contributed by atoms with van der Waals surface area (Å²) in [5, 5.41) is 12.0. The fourth-order valence-corrected chi connectivity index (χ4v) is 5.94. The number of sulfonamides is 1. The van der Waals surface area contributed by atoms with Crippen molar-refractivity contribution in [3.63, 3.8) is 0 Å². The number of aromatic nitrogens is 1. The number of aryl methyl sites for hydroxylation is 1. The smallest absolute Gasteiger partial charge is 0.328 e. The molecule has 0 spiro atoms. The summed E-state index contributed by atoms with van der Waals surface area (Å²) in [5.41, 5.74) is 5.87. The van der Waals surface area contributed by atoms with E-state index in [1.165, 1.54) is 22.8 Å². The molecule has 8 heteroatoms. The number of H-pyrrole nitrogens is 1. The van der Waals surface area contributed by atoms with E-state index in [1.807, 2.05) is 30.3 Å². The Hall–Kier alpha value is -3.54. The molecule has 2 aliphatic carbocycles. The Kier molecular flexibility index (Phi) is 5.78. The Morgan fingerprint density at radius 1 is 1.22 bits per heavy atom. The van der Waals surface area contributed by atoms with Crippen LogP contribution >= 0.6 is 11.3 Å². The Morgan fingerprint density at radius 3 is 2.53 bits per heavy atom. The minimum Gasteiger partial charge on any atom is -0.480 e. The lowest BCUT2D eigenvalue weighted by Gasteiger charge is -2.23. The maximum Gasteiger partial charge on any atom is 0.328 e. The zero-order valence-corrected chi connectivity index (χ0v) is 18.8. The summed E-state index contributed by atoms with van der Waals surface area (Å²) >= 11 is 0.989. The van der Waals surface area contributed by atoms with Crippen LogP contribution in [0.25, 0.3) is 22.0 Å². The zero-order chi connectivity index (χ0) is 22.9. The minimum atomic E-state index is -4.08. The lowest BCUT2D eigenvalue weighted by atomic mass is 10.1. The molecule has 0 radical (unpaired) electrons. The van der Waals surface area contributed by atoms with Crippen molar-refractivity contribution < 1.29 is 18.3 Å². The van der Waals surface area contributed by atoms with Gasteiger partial charge in [-0.25, -0.2) is 9.10 Å². The molecule has 2 aromatic heterocycles. The number of nitrogens with zero attached hydrogens (tertiary/aromatic N) is 1. The van der Waals surface area contributed by atoms with Gasteiger partial charge < -0.3 is 10.1 Å². The highest BCUT2D eigenvalue weighted by Crippen LogP contribution is 2.37. The number of hydrogen-bond acceptors (Lipinski definition) is 4. The van der Waals surface area contributed by atoms with Crippen molar-refractivity contribution >= 4 is 38.2 Å². The summed E-state index contributed by atoms with van der Waals surface area (Å²) in [5.74, 6) is -1.30. The predicted molar refractivity (Wildman–Crippen MR) is 126 cm³/mol. The Morgan fingerprint density at radius 2 is 2.00 bits per heavy atom. The molecule has 0 saturated carbocycles. The van der Waals surface area contributed by atoms with E-state index >= 15 is 0 Å². The van der Waals surface area contributed by atoms with E-state index in [9.17, 15) is 18.3 Å². The van der Waals surface area contributed by atoms with Crippen LogP contribution in [0.5, 0.6) is 0 Å². The molecule has 162 valence electrons. The Balaban J connectivity index is 0.000000292. The van der Waals surface area contributed by atoms with Gasteiger partial charge in [-0.3, -0.25) is 0 Å². The fourth-order valence-electron chi connectivity index (χ4n) is 3.52. The van der Waals surface area contributed by atoms with Crippen molar-refractivity contribution in [2.24, 2.45) is 0 Å². The second kappa shape index (κ2) is 8.54. The van der Waals surface area contributed by atoms with Gasteiger partial charge in [0.2, 0.25) is 0 Å². The highest BCUT2D eigenvalue weighted by atomic mass is 32.2. The Bertz CT molecular complexity index is 1430. The predicted octanol–water partition coefficient (Wildman–Crippen LogP) is 4.48. The molecule has 1 aromatic carbocycles. The highest BCUT2D eigenvalue weighted by molar-refractivity contribution is 7.91. The van der Waals surface area contributed by atoms with Crippen molar-refractivity contribution in [2.45, 2.75) is 23.6 Å². The monoisotopic (exact) mass is 464 g/mol. The molecule has 0 aliphatic heterocycles. The van der Waals surface area contributed by atoms with E-state index in [2.05, 4.69) is 30.1 Å². The van der Waals surface area contributed by atoms with Gasteiger partial charge in [0, 0.05) is 29.6 Å². The van der Waals surface area contributed by atoms with E-state index in [-0.39, 0.29) is 10.6 Å². The van der Waals surface area contributed by atoms with Crippen LogP contribution in [0.1, 0.15) is 11.1 Å². The number of fused-ring (bicyclic) bond motifs is 2. The van der Waals surface area contributed by atoms with Gasteiger partial charge in [-0.2, -0.15) is 8.42 Å². The van der Waals surface area contributed by atoms with Crippen LogP contribution in [0, 0.1) is 19.4 Å². The van der Waals surface area contributed by atoms with E-state index in [0.717, 1.165) is 22.2 Å². The van der Waals surface area contributed by atoms with Crippen LogP contribution in [0.15, 0.2) is 70.4 Å². The van der Waals surface area contributed by atoms with E-state index < -0.39 is 22.0 Å². The first-order chi connectivity index (χ1) is 15.3. The topological polar surface area (TPSA) is 90.5 Å². The van der Waals surface area contributed by atoms with Crippen LogP contribution < -0.4 is 0 Å².